The Kier molecular flexibility index (Phi) is 3.92. The quantitative estimate of drug-likeness (QED) is 0.829. The van der Waals surface area contributed by atoms with Crippen molar-refractivity contribution < 1.29 is 9.53 Å². The van der Waals surface area contributed by atoms with Gasteiger partial charge in [0.15, 0.2) is 0 Å². The largest absolute Gasteiger partial charge is 0.377 e. The third-order valence-electron chi connectivity index (χ3n) is 5.11. The number of hydrogen-bond donors (Lipinski definition) is 0. The minimum atomic E-state index is 0.126. The molecule has 0 radical (unpaired) electrons. The summed E-state index contributed by atoms with van der Waals surface area (Å²) >= 11 is 2.00. The van der Waals surface area contributed by atoms with Crippen molar-refractivity contribution in [2.45, 2.75) is 50.5 Å². The van der Waals surface area contributed by atoms with Gasteiger partial charge in [0, 0.05) is 32.0 Å². The highest BCUT2D eigenvalue weighted by Crippen LogP contribution is 2.46. The van der Waals surface area contributed by atoms with Crippen molar-refractivity contribution in [2.24, 2.45) is 5.92 Å². The first-order chi connectivity index (χ1) is 11.1. The molecule has 1 spiro atoms. The summed E-state index contributed by atoms with van der Waals surface area (Å²) in [5.74, 6) is 2.04. The van der Waals surface area contributed by atoms with E-state index in [0.29, 0.717) is 6.10 Å². The number of nitrogens with zero attached hydrogens (tertiary/aromatic N) is 3. The fourth-order valence-corrected chi connectivity index (χ4v) is 5.15. The molecule has 3 fully saturated rings. The van der Waals surface area contributed by atoms with Crippen LogP contribution in [0.3, 0.4) is 0 Å². The van der Waals surface area contributed by atoms with Crippen LogP contribution < -0.4 is 0 Å². The second kappa shape index (κ2) is 5.81. The third-order valence-corrected chi connectivity index (χ3v) is 6.68. The van der Waals surface area contributed by atoms with Crippen molar-refractivity contribution in [2.75, 3.05) is 25.4 Å². The molecule has 1 aromatic heterocycles. The van der Waals surface area contributed by atoms with E-state index in [-0.39, 0.29) is 10.7 Å². The molecule has 0 N–H and O–H groups in total. The highest BCUT2D eigenvalue weighted by atomic mass is 32.2. The lowest BCUT2D eigenvalue weighted by Gasteiger charge is -2.47. The zero-order valence-corrected chi connectivity index (χ0v) is 14.8. The number of thioether (sulfide) groups is 1. The molecule has 1 unspecified atom stereocenters. The van der Waals surface area contributed by atoms with E-state index in [4.69, 9.17) is 4.74 Å². The van der Waals surface area contributed by atoms with Crippen LogP contribution in [0, 0.1) is 12.8 Å². The van der Waals surface area contributed by atoms with Gasteiger partial charge in [-0.25, -0.2) is 0 Å². The molecule has 0 aromatic carbocycles. The number of amides is 1. The van der Waals surface area contributed by atoms with Gasteiger partial charge in [-0.1, -0.05) is 0 Å². The average Bonchev–Trinajstić information content (AvgIpc) is 3.11. The first kappa shape index (κ1) is 15.5. The lowest BCUT2D eigenvalue weighted by molar-refractivity contribution is 0.0281. The standard InChI is InChI=1S/C17H25N3O2S/c1-3-20-15(6-12(2)18-20)16(21)19-10-17(11-19)7-14(9-23-17)22-8-13-4-5-13/h6,13-14H,3-5,7-11H2,1-2H3. The summed E-state index contributed by atoms with van der Waals surface area (Å²) in [4.78, 5) is 14.7. The summed E-state index contributed by atoms with van der Waals surface area (Å²) in [5, 5.41) is 4.38. The Labute approximate surface area is 141 Å². The highest BCUT2D eigenvalue weighted by Gasteiger charge is 2.51. The molecule has 3 aliphatic rings. The van der Waals surface area contributed by atoms with Crippen LogP contribution in [0.2, 0.25) is 0 Å². The fourth-order valence-electron chi connectivity index (χ4n) is 3.60. The third kappa shape index (κ3) is 3.03. The monoisotopic (exact) mass is 335 g/mol. The minimum absolute atomic E-state index is 0.126. The van der Waals surface area contributed by atoms with Gasteiger partial charge in [0.05, 0.1) is 16.5 Å². The van der Waals surface area contributed by atoms with Crippen molar-refractivity contribution in [3.8, 4) is 0 Å². The van der Waals surface area contributed by atoms with Gasteiger partial charge in [-0.05, 0) is 45.1 Å². The van der Waals surface area contributed by atoms with E-state index in [2.05, 4.69) is 5.10 Å². The molecule has 23 heavy (non-hydrogen) atoms. The predicted octanol–water partition coefficient (Wildman–Crippen LogP) is 2.34. The maximum atomic E-state index is 12.7. The number of aryl methyl sites for hydroxylation is 2. The van der Waals surface area contributed by atoms with Gasteiger partial charge >= 0.3 is 0 Å². The highest BCUT2D eigenvalue weighted by molar-refractivity contribution is 8.01. The van der Waals surface area contributed by atoms with Crippen LogP contribution in [-0.4, -0.2) is 56.9 Å². The summed E-state index contributed by atoms with van der Waals surface area (Å²) < 4.78 is 8.10. The Morgan fingerprint density at radius 1 is 1.48 bits per heavy atom. The lowest BCUT2D eigenvalue weighted by atomic mass is 9.92. The Hall–Kier alpha value is -1.01. The molecule has 2 saturated heterocycles. The van der Waals surface area contributed by atoms with Gasteiger partial charge in [0.25, 0.3) is 5.91 Å². The van der Waals surface area contributed by atoms with Crippen LogP contribution in [0.4, 0.5) is 0 Å². The SMILES string of the molecule is CCn1nc(C)cc1C(=O)N1CC2(CC(OCC3CC3)CS2)C1. The number of rotatable bonds is 5. The van der Waals surface area contributed by atoms with E-state index in [1.165, 1.54) is 12.8 Å². The number of carbonyl (C=O) groups excluding carboxylic acids is 1. The smallest absolute Gasteiger partial charge is 0.272 e. The summed E-state index contributed by atoms with van der Waals surface area (Å²) in [5.41, 5.74) is 1.64. The van der Waals surface area contributed by atoms with Gasteiger partial charge in [0.2, 0.25) is 0 Å². The number of likely N-dealkylation sites (tertiary alicyclic amines) is 1. The Balaban J connectivity index is 1.32. The van der Waals surface area contributed by atoms with Crippen molar-refractivity contribution >= 4 is 17.7 Å². The number of carbonyl (C=O) groups is 1. The topological polar surface area (TPSA) is 47.4 Å². The molecule has 1 amide bonds. The van der Waals surface area contributed by atoms with Crippen molar-refractivity contribution in [3.05, 3.63) is 17.5 Å². The number of aromatic nitrogens is 2. The molecule has 1 aliphatic carbocycles. The Bertz CT molecular complexity index is 605. The zero-order chi connectivity index (χ0) is 16.0. The molecule has 3 heterocycles. The van der Waals surface area contributed by atoms with Crippen LogP contribution >= 0.6 is 11.8 Å². The van der Waals surface area contributed by atoms with Crippen molar-refractivity contribution in [1.82, 2.24) is 14.7 Å². The van der Waals surface area contributed by atoms with Gasteiger partial charge in [-0.3, -0.25) is 9.48 Å². The van der Waals surface area contributed by atoms with Crippen LogP contribution in [0.25, 0.3) is 0 Å². The van der Waals surface area contributed by atoms with Gasteiger partial charge < -0.3 is 9.64 Å². The van der Waals surface area contributed by atoms with Crippen LogP contribution in [0.5, 0.6) is 0 Å². The fraction of sp³-hybridized carbons (Fsp3) is 0.765. The molecule has 0 bridgehead atoms. The lowest BCUT2D eigenvalue weighted by Crippen LogP contribution is -2.61. The van der Waals surface area contributed by atoms with Crippen LogP contribution in [0.1, 0.15) is 42.4 Å². The van der Waals surface area contributed by atoms with Crippen LogP contribution in [0.15, 0.2) is 6.07 Å². The summed E-state index contributed by atoms with van der Waals surface area (Å²) in [6.07, 6.45) is 4.18. The second-order valence-corrected chi connectivity index (χ2v) is 8.73. The average molecular weight is 335 g/mol. The number of hydrogen-bond acceptors (Lipinski definition) is 4. The molecule has 1 atom stereocenters. The maximum absolute atomic E-state index is 12.7. The van der Waals surface area contributed by atoms with E-state index in [1.807, 2.05) is 41.3 Å². The zero-order valence-electron chi connectivity index (χ0n) is 14.0. The van der Waals surface area contributed by atoms with Crippen molar-refractivity contribution in [1.29, 1.82) is 0 Å². The minimum Gasteiger partial charge on any atom is -0.377 e. The molecule has 4 rings (SSSR count). The molecule has 6 heteroatoms. The number of ether oxygens (including phenoxy) is 1. The molecular formula is C17H25N3O2S. The summed E-state index contributed by atoms with van der Waals surface area (Å²) in [7, 11) is 0. The van der Waals surface area contributed by atoms with Crippen molar-refractivity contribution in [3.63, 3.8) is 0 Å². The molecular weight excluding hydrogens is 310 g/mol. The molecule has 1 saturated carbocycles. The second-order valence-electron chi connectivity index (χ2n) is 7.24. The maximum Gasteiger partial charge on any atom is 0.272 e. The summed E-state index contributed by atoms with van der Waals surface area (Å²) in [6, 6.07) is 1.90. The normalized spacial score (nSPS) is 25.8. The Morgan fingerprint density at radius 3 is 2.96 bits per heavy atom. The molecule has 5 nitrogen and oxygen atoms in total. The first-order valence-corrected chi connectivity index (χ1v) is 9.66. The van der Waals surface area contributed by atoms with E-state index >= 15 is 0 Å². The predicted molar refractivity (Wildman–Crippen MR) is 90.8 cm³/mol. The van der Waals surface area contributed by atoms with Gasteiger partial charge in [-0.15, -0.1) is 11.8 Å². The first-order valence-electron chi connectivity index (χ1n) is 8.68. The molecule has 126 valence electrons. The van der Waals surface area contributed by atoms with E-state index in [9.17, 15) is 4.79 Å². The van der Waals surface area contributed by atoms with Gasteiger partial charge in [0.1, 0.15) is 5.69 Å². The van der Waals surface area contributed by atoms with E-state index in [1.54, 1.807) is 0 Å². The molecule has 1 aromatic rings. The summed E-state index contributed by atoms with van der Waals surface area (Å²) in [6.45, 7) is 7.35. The molecule has 2 aliphatic heterocycles. The van der Waals surface area contributed by atoms with Gasteiger partial charge in [-0.2, -0.15) is 5.10 Å². The van der Waals surface area contributed by atoms with E-state index in [0.717, 1.165) is 55.7 Å². The Morgan fingerprint density at radius 2 is 2.26 bits per heavy atom. The van der Waals surface area contributed by atoms with E-state index < -0.39 is 0 Å². The van der Waals surface area contributed by atoms with Crippen LogP contribution in [-0.2, 0) is 11.3 Å².